The molecule has 6 nitrogen and oxygen atoms in total. The van der Waals surface area contributed by atoms with Gasteiger partial charge in [0.25, 0.3) is 5.91 Å². The molecule has 0 radical (unpaired) electrons. The molecule has 5 rings (SSSR count). The second-order valence-corrected chi connectivity index (χ2v) is 8.79. The number of amides is 1. The highest BCUT2D eigenvalue weighted by Gasteiger charge is 2.43. The standard InChI is InChI=1S/C28H27NO5/c1-4-5-12-32-20-10-8-19(9-11-20)25-24-26(30)22-14-17(2)18(3)15-23(22)34-27(24)28(31)29(25)16-21-7-6-13-33-21/h6-11,13-15,25H,4-5,12,16H2,1-3H3. The van der Waals surface area contributed by atoms with Crippen molar-refractivity contribution in [1.29, 1.82) is 0 Å². The molecule has 0 aliphatic carbocycles. The molecule has 0 saturated carbocycles. The van der Waals surface area contributed by atoms with Crippen molar-refractivity contribution in [3.63, 3.8) is 0 Å². The number of fused-ring (bicyclic) bond motifs is 2. The van der Waals surface area contributed by atoms with Crippen LogP contribution < -0.4 is 10.2 Å². The Bertz CT molecular complexity index is 1400. The first-order valence-electron chi connectivity index (χ1n) is 11.6. The van der Waals surface area contributed by atoms with Crippen LogP contribution in [-0.2, 0) is 6.54 Å². The van der Waals surface area contributed by atoms with E-state index in [1.54, 1.807) is 17.2 Å². The van der Waals surface area contributed by atoms with E-state index < -0.39 is 6.04 Å². The summed E-state index contributed by atoms with van der Waals surface area (Å²) < 4.78 is 17.4. The second kappa shape index (κ2) is 8.86. The van der Waals surface area contributed by atoms with Gasteiger partial charge < -0.3 is 18.5 Å². The number of aryl methyl sites for hydroxylation is 2. The predicted octanol–water partition coefficient (Wildman–Crippen LogP) is 5.93. The number of ether oxygens (including phenoxy) is 1. The van der Waals surface area contributed by atoms with Gasteiger partial charge in [-0.2, -0.15) is 0 Å². The summed E-state index contributed by atoms with van der Waals surface area (Å²) in [4.78, 5) is 28.9. The van der Waals surface area contributed by atoms with Crippen LogP contribution in [0.4, 0.5) is 0 Å². The van der Waals surface area contributed by atoms with Crippen molar-refractivity contribution in [2.45, 2.75) is 46.2 Å². The van der Waals surface area contributed by atoms with Crippen LogP contribution in [0.1, 0.15) is 64.4 Å². The van der Waals surface area contributed by atoms with E-state index in [9.17, 15) is 9.59 Å². The molecule has 0 fully saturated rings. The second-order valence-electron chi connectivity index (χ2n) is 8.79. The maximum atomic E-state index is 13.7. The number of hydrogen-bond donors (Lipinski definition) is 0. The number of carbonyl (C=O) groups excluding carboxylic acids is 1. The molecule has 0 bridgehead atoms. The summed E-state index contributed by atoms with van der Waals surface area (Å²) in [5, 5.41) is 0.485. The highest BCUT2D eigenvalue weighted by molar-refractivity contribution is 5.99. The molecule has 0 spiro atoms. The van der Waals surface area contributed by atoms with Crippen molar-refractivity contribution in [2.24, 2.45) is 0 Å². The van der Waals surface area contributed by atoms with Crippen molar-refractivity contribution in [3.05, 3.63) is 98.8 Å². The smallest absolute Gasteiger partial charge is 0.291 e. The van der Waals surface area contributed by atoms with Gasteiger partial charge in [-0.3, -0.25) is 9.59 Å². The molecule has 4 aromatic rings. The SMILES string of the molecule is CCCCOc1ccc(C2c3c(oc4cc(C)c(C)cc4c3=O)C(=O)N2Cc2ccco2)cc1. The molecule has 174 valence electrons. The first kappa shape index (κ1) is 22.0. The molecule has 3 heterocycles. The number of unbranched alkanes of at least 4 members (excludes halogenated alkanes) is 1. The van der Waals surface area contributed by atoms with Crippen LogP contribution in [0.3, 0.4) is 0 Å². The molecule has 1 atom stereocenters. The number of benzene rings is 2. The lowest BCUT2D eigenvalue weighted by Crippen LogP contribution is -2.29. The summed E-state index contributed by atoms with van der Waals surface area (Å²) in [6.07, 6.45) is 3.61. The highest BCUT2D eigenvalue weighted by atomic mass is 16.5. The average Bonchev–Trinajstić information content (AvgIpc) is 3.44. The van der Waals surface area contributed by atoms with Crippen molar-refractivity contribution < 1.29 is 18.4 Å². The van der Waals surface area contributed by atoms with E-state index in [0.29, 0.717) is 28.9 Å². The summed E-state index contributed by atoms with van der Waals surface area (Å²) in [6, 6.07) is 14.3. The van der Waals surface area contributed by atoms with E-state index in [1.807, 2.05) is 56.3 Å². The van der Waals surface area contributed by atoms with Crippen LogP contribution in [-0.4, -0.2) is 17.4 Å². The van der Waals surface area contributed by atoms with Crippen molar-refractivity contribution >= 4 is 16.9 Å². The molecule has 1 aliphatic heterocycles. The van der Waals surface area contributed by atoms with E-state index in [-0.39, 0.29) is 23.6 Å². The van der Waals surface area contributed by atoms with E-state index in [2.05, 4.69) is 6.92 Å². The monoisotopic (exact) mass is 457 g/mol. The zero-order valence-corrected chi connectivity index (χ0v) is 19.6. The number of rotatable bonds is 7. The predicted molar refractivity (Wildman–Crippen MR) is 129 cm³/mol. The fraction of sp³-hybridized carbons (Fsp3) is 0.286. The van der Waals surface area contributed by atoms with Crippen LogP contribution in [0.2, 0.25) is 0 Å². The molecule has 6 heteroatoms. The van der Waals surface area contributed by atoms with Crippen LogP contribution in [0.15, 0.2) is 68.4 Å². The van der Waals surface area contributed by atoms with Gasteiger partial charge in [0, 0.05) is 0 Å². The van der Waals surface area contributed by atoms with E-state index in [1.165, 1.54) is 0 Å². The number of nitrogens with zero attached hydrogens (tertiary/aromatic N) is 1. The Hall–Kier alpha value is -3.80. The number of carbonyl (C=O) groups is 1. The molecular weight excluding hydrogens is 430 g/mol. The van der Waals surface area contributed by atoms with Crippen molar-refractivity contribution in [2.75, 3.05) is 6.61 Å². The first-order valence-corrected chi connectivity index (χ1v) is 11.6. The fourth-order valence-electron chi connectivity index (χ4n) is 4.44. The average molecular weight is 458 g/mol. The molecule has 0 saturated heterocycles. The molecule has 0 N–H and O–H groups in total. The van der Waals surface area contributed by atoms with Gasteiger partial charge in [-0.15, -0.1) is 0 Å². The van der Waals surface area contributed by atoms with Gasteiger partial charge in [0.05, 0.1) is 36.4 Å². The maximum Gasteiger partial charge on any atom is 0.291 e. The fourth-order valence-corrected chi connectivity index (χ4v) is 4.44. The van der Waals surface area contributed by atoms with Gasteiger partial charge in [-0.1, -0.05) is 25.5 Å². The van der Waals surface area contributed by atoms with Crippen molar-refractivity contribution in [1.82, 2.24) is 4.90 Å². The summed E-state index contributed by atoms with van der Waals surface area (Å²) in [7, 11) is 0. The van der Waals surface area contributed by atoms with Gasteiger partial charge in [-0.25, -0.2) is 0 Å². The Balaban J connectivity index is 1.63. The van der Waals surface area contributed by atoms with E-state index in [0.717, 1.165) is 35.3 Å². The van der Waals surface area contributed by atoms with Crippen LogP contribution in [0, 0.1) is 13.8 Å². The molecule has 1 aliphatic rings. The summed E-state index contributed by atoms with van der Waals surface area (Å²) in [5.74, 6) is 1.17. The molecule has 2 aromatic heterocycles. The van der Waals surface area contributed by atoms with Gasteiger partial charge in [0.2, 0.25) is 5.76 Å². The van der Waals surface area contributed by atoms with Crippen LogP contribution >= 0.6 is 0 Å². The van der Waals surface area contributed by atoms with Gasteiger partial charge in [0.15, 0.2) is 5.43 Å². The number of hydrogen-bond acceptors (Lipinski definition) is 5. The summed E-state index contributed by atoms with van der Waals surface area (Å²) in [6.45, 7) is 6.92. The van der Waals surface area contributed by atoms with Gasteiger partial charge >= 0.3 is 0 Å². The van der Waals surface area contributed by atoms with E-state index in [4.69, 9.17) is 13.6 Å². The Labute approximate surface area is 197 Å². The highest BCUT2D eigenvalue weighted by Crippen LogP contribution is 2.39. The topological polar surface area (TPSA) is 72.9 Å². The first-order chi connectivity index (χ1) is 16.5. The minimum absolute atomic E-state index is 0.0978. The third-order valence-electron chi connectivity index (χ3n) is 6.45. The lowest BCUT2D eigenvalue weighted by Gasteiger charge is -2.24. The molecule has 1 amide bonds. The minimum Gasteiger partial charge on any atom is -0.494 e. The third kappa shape index (κ3) is 3.79. The number of furan rings is 1. The maximum absolute atomic E-state index is 13.7. The normalized spacial score (nSPS) is 15.2. The zero-order chi connectivity index (χ0) is 23.8. The van der Waals surface area contributed by atoms with Gasteiger partial charge in [-0.05, 0) is 73.4 Å². The lowest BCUT2D eigenvalue weighted by atomic mass is 9.97. The Morgan fingerprint density at radius 3 is 2.50 bits per heavy atom. The Morgan fingerprint density at radius 2 is 1.79 bits per heavy atom. The van der Waals surface area contributed by atoms with E-state index >= 15 is 0 Å². The third-order valence-corrected chi connectivity index (χ3v) is 6.45. The quantitative estimate of drug-likeness (QED) is 0.322. The molecule has 1 unspecified atom stereocenters. The van der Waals surface area contributed by atoms with Crippen LogP contribution in [0.5, 0.6) is 5.75 Å². The van der Waals surface area contributed by atoms with Crippen LogP contribution in [0.25, 0.3) is 11.0 Å². The molecular formula is C28H27NO5. The van der Waals surface area contributed by atoms with Gasteiger partial charge in [0.1, 0.15) is 17.1 Å². The summed E-state index contributed by atoms with van der Waals surface area (Å²) in [5.41, 5.74) is 3.44. The zero-order valence-electron chi connectivity index (χ0n) is 19.6. The lowest BCUT2D eigenvalue weighted by molar-refractivity contribution is 0.0701. The summed E-state index contributed by atoms with van der Waals surface area (Å²) >= 11 is 0. The Kier molecular flexibility index (Phi) is 5.74. The Morgan fingerprint density at radius 1 is 1.03 bits per heavy atom. The largest absolute Gasteiger partial charge is 0.494 e. The minimum atomic E-state index is -0.584. The molecule has 34 heavy (non-hydrogen) atoms. The molecule has 2 aromatic carbocycles. The van der Waals surface area contributed by atoms with Crippen molar-refractivity contribution in [3.8, 4) is 5.75 Å².